The molecule has 3 aromatic rings. The Kier molecular flexibility index (Phi) is 8.58. The largest absolute Gasteiger partial charge is 0.434 e. The van der Waals surface area contributed by atoms with Gasteiger partial charge in [0.2, 0.25) is 18.1 Å². The van der Waals surface area contributed by atoms with E-state index in [1.54, 1.807) is 54.6 Å². The van der Waals surface area contributed by atoms with Crippen LogP contribution in [0.15, 0.2) is 84.9 Å². The summed E-state index contributed by atoms with van der Waals surface area (Å²) in [5.41, 5.74) is 2.03. The van der Waals surface area contributed by atoms with Crippen molar-refractivity contribution >= 4 is 41.0 Å². The first-order chi connectivity index (χ1) is 20.3. The van der Waals surface area contributed by atoms with Crippen LogP contribution in [0.2, 0.25) is 0 Å². The molecule has 2 aliphatic rings. The van der Waals surface area contributed by atoms with Crippen LogP contribution in [-0.2, 0) is 30.3 Å². The summed E-state index contributed by atoms with van der Waals surface area (Å²) in [6, 6.07) is 22.5. The van der Waals surface area contributed by atoms with Gasteiger partial charge in [0.25, 0.3) is 11.8 Å². The van der Waals surface area contributed by atoms with Gasteiger partial charge in [-0.05, 0) is 36.2 Å². The normalized spacial score (nSPS) is 19.9. The number of ether oxygens (including phenoxy) is 1. The number of cyclic esters (lactones) is 1. The van der Waals surface area contributed by atoms with Crippen LogP contribution in [0, 0.1) is 0 Å². The fourth-order valence-corrected chi connectivity index (χ4v) is 5.02. The number of aryl methyl sites for hydroxylation is 1. The van der Waals surface area contributed by atoms with Gasteiger partial charge in [-0.2, -0.15) is 0 Å². The molecule has 0 bridgehead atoms. The zero-order chi connectivity index (χ0) is 29.6. The number of para-hydroxylation sites is 2. The number of anilines is 2. The monoisotopic (exact) mass is 570 g/mol. The van der Waals surface area contributed by atoms with Crippen LogP contribution in [0.4, 0.5) is 11.4 Å². The van der Waals surface area contributed by atoms with Crippen molar-refractivity contribution in [1.82, 2.24) is 10.6 Å². The maximum Gasteiger partial charge on any atom is 0.310 e. The maximum absolute atomic E-state index is 14.0. The summed E-state index contributed by atoms with van der Waals surface area (Å²) in [6.07, 6.45) is -1.08. The number of aliphatic hydroxyl groups is 1. The molecule has 3 aromatic carbocycles. The quantitative estimate of drug-likeness (QED) is 0.349. The Morgan fingerprint density at radius 1 is 0.857 bits per heavy atom. The summed E-state index contributed by atoms with van der Waals surface area (Å²) < 4.78 is 4.69. The van der Waals surface area contributed by atoms with Crippen molar-refractivity contribution in [3.05, 3.63) is 96.1 Å². The van der Waals surface area contributed by atoms with Crippen molar-refractivity contribution in [2.45, 2.75) is 37.6 Å². The van der Waals surface area contributed by atoms with E-state index < -0.39 is 48.6 Å². The van der Waals surface area contributed by atoms with E-state index in [-0.39, 0.29) is 25.3 Å². The number of carbonyl (C=O) groups is 5. The van der Waals surface area contributed by atoms with Gasteiger partial charge in [0, 0.05) is 12.0 Å². The molecule has 2 aliphatic heterocycles. The first kappa shape index (κ1) is 28.5. The molecular weight excluding hydrogens is 540 g/mol. The fourth-order valence-electron chi connectivity index (χ4n) is 5.02. The first-order valence-electron chi connectivity index (χ1n) is 13.6. The van der Waals surface area contributed by atoms with Gasteiger partial charge in [0.05, 0.1) is 24.3 Å². The van der Waals surface area contributed by atoms with E-state index in [0.29, 0.717) is 23.4 Å². The first-order valence-corrected chi connectivity index (χ1v) is 13.6. The number of nitrogens with zero attached hydrogens (tertiary/aromatic N) is 2. The highest BCUT2D eigenvalue weighted by molar-refractivity contribution is 6.11. The van der Waals surface area contributed by atoms with E-state index in [9.17, 15) is 29.1 Å². The van der Waals surface area contributed by atoms with Crippen LogP contribution >= 0.6 is 0 Å². The Balaban J connectivity index is 1.44. The molecule has 0 saturated carbocycles. The van der Waals surface area contributed by atoms with Crippen molar-refractivity contribution in [2.75, 3.05) is 22.9 Å². The van der Waals surface area contributed by atoms with E-state index in [0.717, 1.165) is 5.56 Å². The zero-order valence-corrected chi connectivity index (χ0v) is 22.6. The molecule has 2 heterocycles. The zero-order valence-electron chi connectivity index (χ0n) is 22.6. The molecule has 11 heteroatoms. The minimum Gasteiger partial charge on any atom is -0.434 e. The molecule has 11 nitrogen and oxygen atoms in total. The van der Waals surface area contributed by atoms with Gasteiger partial charge in [0.1, 0.15) is 18.6 Å². The molecular formula is C31H30N4O7. The number of esters is 1. The van der Waals surface area contributed by atoms with Crippen LogP contribution in [0.1, 0.15) is 28.8 Å². The van der Waals surface area contributed by atoms with Crippen LogP contribution in [0.3, 0.4) is 0 Å². The topological polar surface area (TPSA) is 145 Å². The van der Waals surface area contributed by atoms with Gasteiger partial charge >= 0.3 is 5.97 Å². The number of hydrogen-bond acceptors (Lipinski definition) is 7. The number of aliphatic hydroxyl groups excluding tert-OH is 1. The summed E-state index contributed by atoms with van der Waals surface area (Å²) in [5, 5.41) is 15.2. The van der Waals surface area contributed by atoms with Crippen LogP contribution in [-0.4, -0.2) is 66.2 Å². The van der Waals surface area contributed by atoms with Crippen LogP contribution in [0.5, 0.6) is 0 Å². The Bertz CT molecular complexity index is 1480. The average Bonchev–Trinajstić information content (AvgIpc) is 3.27. The van der Waals surface area contributed by atoms with Gasteiger partial charge in [-0.15, -0.1) is 0 Å². The number of amides is 4. The third kappa shape index (κ3) is 6.47. The summed E-state index contributed by atoms with van der Waals surface area (Å²) in [4.78, 5) is 68.0. The molecule has 0 radical (unpaired) electrons. The van der Waals surface area contributed by atoms with Crippen molar-refractivity contribution in [3.63, 3.8) is 0 Å². The third-order valence-electron chi connectivity index (χ3n) is 7.14. The molecule has 3 atom stereocenters. The smallest absolute Gasteiger partial charge is 0.310 e. The van der Waals surface area contributed by atoms with E-state index in [4.69, 9.17) is 0 Å². The highest BCUT2D eigenvalue weighted by atomic mass is 16.6. The lowest BCUT2D eigenvalue weighted by molar-refractivity contribution is -0.155. The highest BCUT2D eigenvalue weighted by Gasteiger charge is 2.39. The molecule has 1 fully saturated rings. The molecule has 1 unspecified atom stereocenters. The van der Waals surface area contributed by atoms with E-state index >= 15 is 0 Å². The van der Waals surface area contributed by atoms with E-state index in [1.807, 2.05) is 30.3 Å². The number of hydrogen-bond donors (Lipinski definition) is 3. The summed E-state index contributed by atoms with van der Waals surface area (Å²) in [7, 11) is 0. The van der Waals surface area contributed by atoms with Crippen molar-refractivity contribution in [2.24, 2.45) is 0 Å². The second-order valence-electron chi connectivity index (χ2n) is 10.1. The molecule has 1 saturated heterocycles. The lowest BCUT2D eigenvalue weighted by atomic mass is 10.1. The summed E-state index contributed by atoms with van der Waals surface area (Å²) in [5.74, 6) is -2.67. The van der Waals surface area contributed by atoms with Gasteiger partial charge in [0.15, 0.2) is 0 Å². The number of fused-ring (bicyclic) bond motifs is 1. The summed E-state index contributed by atoms with van der Waals surface area (Å²) in [6.45, 7) is -0.638. The lowest BCUT2D eigenvalue weighted by Crippen LogP contribution is -2.55. The number of benzene rings is 3. The van der Waals surface area contributed by atoms with E-state index in [1.165, 1.54) is 9.80 Å². The predicted molar refractivity (Wildman–Crippen MR) is 152 cm³/mol. The Morgan fingerprint density at radius 3 is 2.17 bits per heavy atom. The second-order valence-corrected chi connectivity index (χ2v) is 10.1. The van der Waals surface area contributed by atoms with Crippen molar-refractivity contribution < 1.29 is 33.8 Å². The molecule has 0 aromatic heterocycles. The molecule has 5 rings (SSSR count). The molecule has 0 spiro atoms. The number of carbonyl (C=O) groups excluding carboxylic acids is 5. The van der Waals surface area contributed by atoms with E-state index in [2.05, 4.69) is 15.4 Å². The second kappa shape index (κ2) is 12.6. The molecule has 216 valence electrons. The van der Waals surface area contributed by atoms with Gasteiger partial charge in [-0.1, -0.05) is 60.7 Å². The van der Waals surface area contributed by atoms with Crippen molar-refractivity contribution in [3.8, 4) is 0 Å². The Labute approximate surface area is 242 Å². The molecule has 0 aliphatic carbocycles. The summed E-state index contributed by atoms with van der Waals surface area (Å²) >= 11 is 0. The maximum atomic E-state index is 14.0. The SMILES string of the molecule is O=C(CN1C(=O)[C@H](NC(=O)c2ccccc2)CN(C(=O)CCc2ccccc2)c2ccccc21)N[C@H]1CC(=O)OC1O. The minimum atomic E-state index is -1.50. The minimum absolute atomic E-state index is 0.149. The third-order valence-corrected chi connectivity index (χ3v) is 7.14. The van der Waals surface area contributed by atoms with Gasteiger partial charge < -0.3 is 25.4 Å². The standard InChI is InChI=1S/C31H30N4O7/c36-26(32-22-17-28(38)42-31(22)41)19-35-25-14-8-7-13-24(25)34(27(37)16-15-20-9-3-1-4-10-20)18-23(30(35)40)33-29(39)21-11-5-2-6-12-21/h1-14,22-23,31,41H,15-19H2,(H,32,36)(H,33,39)/t22-,23+,31?/m0/s1. The van der Waals surface area contributed by atoms with Crippen molar-refractivity contribution in [1.29, 1.82) is 0 Å². The molecule has 3 N–H and O–H groups in total. The number of nitrogens with one attached hydrogen (secondary N) is 2. The molecule has 42 heavy (non-hydrogen) atoms. The molecule has 4 amide bonds. The van der Waals surface area contributed by atoms with Crippen LogP contribution in [0.25, 0.3) is 0 Å². The average molecular weight is 571 g/mol. The Morgan fingerprint density at radius 2 is 1.50 bits per heavy atom. The van der Waals surface area contributed by atoms with Crippen LogP contribution < -0.4 is 20.4 Å². The predicted octanol–water partition coefficient (Wildman–Crippen LogP) is 1.55. The number of rotatable bonds is 8. The van der Waals surface area contributed by atoms with Gasteiger partial charge in [-0.25, -0.2) is 0 Å². The highest BCUT2D eigenvalue weighted by Crippen LogP contribution is 2.33. The lowest BCUT2D eigenvalue weighted by Gasteiger charge is -2.26. The fraction of sp³-hybridized carbons (Fsp3) is 0.258. The Hall–Kier alpha value is -5.03. The van der Waals surface area contributed by atoms with Gasteiger partial charge in [-0.3, -0.25) is 28.9 Å².